The average molecular weight is 308 g/mol. The second kappa shape index (κ2) is 5.87. The summed E-state index contributed by atoms with van der Waals surface area (Å²) < 4.78 is 23.0. The number of carbonyl (C=O) groups is 3. The topological polar surface area (TPSA) is 69.7 Å². The first-order valence-electron chi connectivity index (χ1n) is 6.85. The molecule has 0 aromatic heterocycles. The van der Waals surface area contributed by atoms with Crippen molar-refractivity contribution in [2.75, 3.05) is 7.11 Å². The molecular weight excluding hydrogens is 291 g/mol. The number of ether oxygens (including phenoxy) is 2. The molecule has 0 amide bonds. The van der Waals surface area contributed by atoms with E-state index in [2.05, 4.69) is 4.74 Å². The summed E-state index contributed by atoms with van der Waals surface area (Å²) in [6.07, 6.45) is -1.12. The molecular formula is C16H17FO5. The van der Waals surface area contributed by atoms with E-state index in [0.717, 1.165) is 0 Å². The number of hydrogen-bond acceptors (Lipinski definition) is 5. The first kappa shape index (κ1) is 16.1. The maximum absolute atomic E-state index is 13.0. The molecule has 5 nitrogen and oxygen atoms in total. The summed E-state index contributed by atoms with van der Waals surface area (Å²) in [7, 11) is 1.22. The van der Waals surface area contributed by atoms with Gasteiger partial charge in [0.2, 0.25) is 0 Å². The molecule has 0 saturated carbocycles. The molecule has 0 aliphatic carbocycles. The van der Waals surface area contributed by atoms with Gasteiger partial charge in [0.15, 0.2) is 5.78 Å². The summed E-state index contributed by atoms with van der Waals surface area (Å²) in [6, 6.07) is 5.29. The molecule has 1 saturated heterocycles. The lowest BCUT2D eigenvalue weighted by molar-refractivity contribution is -0.181. The van der Waals surface area contributed by atoms with Gasteiger partial charge in [-0.3, -0.25) is 14.4 Å². The molecule has 1 aromatic rings. The second-order valence-corrected chi connectivity index (χ2v) is 5.75. The highest BCUT2D eigenvalue weighted by Crippen LogP contribution is 2.41. The minimum Gasteiger partial charge on any atom is -0.469 e. The van der Waals surface area contributed by atoms with E-state index in [0.29, 0.717) is 5.56 Å². The first-order chi connectivity index (χ1) is 10.3. The fraction of sp³-hybridized carbons (Fsp3) is 0.438. The van der Waals surface area contributed by atoms with Crippen LogP contribution in [0, 0.1) is 17.2 Å². The van der Waals surface area contributed by atoms with Crippen LogP contribution in [0.5, 0.6) is 0 Å². The fourth-order valence-electron chi connectivity index (χ4n) is 2.46. The minimum absolute atomic E-state index is 0.200. The third-order valence-corrected chi connectivity index (χ3v) is 3.88. The van der Waals surface area contributed by atoms with Crippen molar-refractivity contribution >= 4 is 17.7 Å². The van der Waals surface area contributed by atoms with Crippen LogP contribution in [0.3, 0.4) is 0 Å². The molecule has 1 heterocycles. The number of halogens is 1. The summed E-state index contributed by atoms with van der Waals surface area (Å²) in [5, 5.41) is 0. The van der Waals surface area contributed by atoms with Crippen LogP contribution >= 0.6 is 0 Å². The normalized spacial score (nSPS) is 23.8. The highest BCUT2D eigenvalue weighted by atomic mass is 19.1. The molecule has 2 atom stereocenters. The van der Waals surface area contributed by atoms with E-state index in [-0.39, 0.29) is 12.2 Å². The number of ketones is 1. The number of benzene rings is 1. The average Bonchev–Trinajstić information content (AvgIpc) is 2.49. The summed E-state index contributed by atoms with van der Waals surface area (Å²) in [5.74, 6) is -2.91. The van der Waals surface area contributed by atoms with E-state index >= 15 is 0 Å². The Balaban J connectivity index is 2.39. The Bertz CT molecular complexity index is 605. The van der Waals surface area contributed by atoms with Crippen LogP contribution in [0.4, 0.5) is 4.39 Å². The molecule has 118 valence electrons. The lowest BCUT2D eigenvalue weighted by Gasteiger charge is -2.37. The maximum atomic E-state index is 13.0. The van der Waals surface area contributed by atoms with Crippen molar-refractivity contribution in [2.24, 2.45) is 11.3 Å². The van der Waals surface area contributed by atoms with Gasteiger partial charge in [-0.05, 0) is 31.5 Å². The SMILES string of the molecule is COC(=O)C[C@@H]1C(=O)C(C)(C)C(=O)O[C@@H]1c1ccc(F)cc1. The largest absolute Gasteiger partial charge is 0.469 e. The van der Waals surface area contributed by atoms with Crippen LogP contribution in [0.1, 0.15) is 31.9 Å². The zero-order valence-corrected chi connectivity index (χ0v) is 12.6. The van der Waals surface area contributed by atoms with Crippen molar-refractivity contribution in [3.8, 4) is 0 Å². The highest BCUT2D eigenvalue weighted by molar-refractivity contribution is 6.07. The lowest BCUT2D eigenvalue weighted by Crippen LogP contribution is -2.48. The quantitative estimate of drug-likeness (QED) is 0.632. The smallest absolute Gasteiger partial charge is 0.319 e. The van der Waals surface area contributed by atoms with Crippen molar-refractivity contribution in [3.05, 3.63) is 35.6 Å². The monoisotopic (exact) mass is 308 g/mol. The van der Waals surface area contributed by atoms with Gasteiger partial charge in [-0.25, -0.2) is 4.39 Å². The van der Waals surface area contributed by atoms with Gasteiger partial charge in [-0.15, -0.1) is 0 Å². The van der Waals surface area contributed by atoms with Gasteiger partial charge in [0, 0.05) is 0 Å². The summed E-state index contributed by atoms with van der Waals surface area (Å²) >= 11 is 0. The van der Waals surface area contributed by atoms with Gasteiger partial charge in [0.1, 0.15) is 17.3 Å². The fourth-order valence-corrected chi connectivity index (χ4v) is 2.46. The molecule has 1 aliphatic rings. The van der Waals surface area contributed by atoms with Gasteiger partial charge in [0.05, 0.1) is 19.4 Å². The lowest BCUT2D eigenvalue weighted by atomic mass is 9.74. The van der Waals surface area contributed by atoms with Gasteiger partial charge in [0.25, 0.3) is 0 Å². The van der Waals surface area contributed by atoms with Gasteiger partial charge < -0.3 is 9.47 Å². The van der Waals surface area contributed by atoms with Crippen LogP contribution < -0.4 is 0 Å². The molecule has 0 unspecified atom stereocenters. The number of hydrogen-bond donors (Lipinski definition) is 0. The zero-order valence-electron chi connectivity index (χ0n) is 12.6. The summed E-state index contributed by atoms with van der Waals surface area (Å²) in [6.45, 7) is 2.92. The Morgan fingerprint density at radius 1 is 1.27 bits per heavy atom. The van der Waals surface area contributed by atoms with Crippen molar-refractivity contribution < 1.29 is 28.2 Å². The third-order valence-electron chi connectivity index (χ3n) is 3.88. The van der Waals surface area contributed by atoms with Crippen molar-refractivity contribution in [1.82, 2.24) is 0 Å². The van der Waals surface area contributed by atoms with E-state index in [1.165, 1.54) is 45.2 Å². The molecule has 0 spiro atoms. The van der Waals surface area contributed by atoms with Crippen molar-refractivity contribution in [2.45, 2.75) is 26.4 Å². The Labute approximate surface area is 127 Å². The molecule has 0 radical (unpaired) electrons. The van der Waals surface area contributed by atoms with Crippen molar-refractivity contribution in [1.29, 1.82) is 0 Å². The van der Waals surface area contributed by atoms with E-state index in [9.17, 15) is 18.8 Å². The van der Waals surface area contributed by atoms with Crippen LogP contribution in [-0.2, 0) is 23.9 Å². The van der Waals surface area contributed by atoms with Crippen LogP contribution in [0.2, 0.25) is 0 Å². The first-order valence-corrected chi connectivity index (χ1v) is 6.85. The summed E-state index contributed by atoms with van der Waals surface area (Å²) in [4.78, 5) is 36.2. The van der Waals surface area contributed by atoms with Crippen molar-refractivity contribution in [3.63, 3.8) is 0 Å². The Hall–Kier alpha value is -2.24. The summed E-state index contributed by atoms with van der Waals surface area (Å²) in [5.41, 5.74) is -0.859. The molecule has 0 bridgehead atoms. The molecule has 1 fully saturated rings. The van der Waals surface area contributed by atoms with E-state index in [1.54, 1.807) is 0 Å². The second-order valence-electron chi connectivity index (χ2n) is 5.75. The van der Waals surface area contributed by atoms with E-state index in [1.807, 2.05) is 0 Å². The number of cyclic esters (lactones) is 1. The Morgan fingerprint density at radius 3 is 2.41 bits per heavy atom. The molecule has 2 rings (SSSR count). The molecule has 6 heteroatoms. The van der Waals surface area contributed by atoms with Crippen LogP contribution in [0.15, 0.2) is 24.3 Å². The van der Waals surface area contributed by atoms with Gasteiger partial charge in [-0.1, -0.05) is 12.1 Å². The number of esters is 2. The van der Waals surface area contributed by atoms with E-state index in [4.69, 9.17) is 4.74 Å². The molecule has 0 N–H and O–H groups in total. The number of rotatable bonds is 3. The van der Waals surface area contributed by atoms with Crippen LogP contribution in [0.25, 0.3) is 0 Å². The molecule has 1 aromatic carbocycles. The predicted octanol–water partition coefficient (Wildman–Crippen LogP) is 2.20. The molecule has 22 heavy (non-hydrogen) atoms. The maximum Gasteiger partial charge on any atom is 0.319 e. The number of carbonyl (C=O) groups excluding carboxylic acids is 3. The van der Waals surface area contributed by atoms with Gasteiger partial charge in [-0.2, -0.15) is 0 Å². The Morgan fingerprint density at radius 2 is 1.86 bits per heavy atom. The zero-order chi connectivity index (χ0) is 16.5. The highest BCUT2D eigenvalue weighted by Gasteiger charge is 2.51. The number of methoxy groups -OCH3 is 1. The Kier molecular flexibility index (Phi) is 4.30. The van der Waals surface area contributed by atoms with Gasteiger partial charge >= 0.3 is 11.9 Å². The van der Waals surface area contributed by atoms with Crippen LogP contribution in [-0.4, -0.2) is 24.8 Å². The predicted molar refractivity (Wildman–Crippen MR) is 74.1 cm³/mol. The standard InChI is InChI=1S/C16H17FO5/c1-16(2)14(19)11(8-12(18)21-3)13(22-15(16)20)9-4-6-10(17)7-5-9/h4-7,11,13H,8H2,1-3H3/t11-,13+/m0/s1. The minimum atomic E-state index is -1.32. The molecule has 1 aliphatic heterocycles. The third kappa shape index (κ3) is 2.86. The van der Waals surface area contributed by atoms with E-state index < -0.39 is 35.2 Å². The number of Topliss-reactive ketones (excluding diaryl/α,β-unsaturated/α-hetero) is 1.